The largest absolute Gasteiger partial charge is 0.480 e. The Morgan fingerprint density at radius 1 is 1.00 bits per heavy atom. The molecule has 3 heteroatoms. The molecule has 0 saturated carbocycles. The van der Waals surface area contributed by atoms with Crippen molar-refractivity contribution in [2.45, 2.75) is 77.7 Å². The molecule has 0 aliphatic rings. The van der Waals surface area contributed by atoms with Crippen LogP contribution in [0.15, 0.2) is 0 Å². The molecule has 102 valence electrons. The number of hydrogen-bond acceptors (Lipinski definition) is 2. The van der Waals surface area contributed by atoms with E-state index in [4.69, 9.17) is 5.11 Å². The van der Waals surface area contributed by atoms with Gasteiger partial charge in [0.2, 0.25) is 0 Å². The molecule has 1 unspecified atom stereocenters. The molecule has 2 N–H and O–H groups in total. The average Bonchev–Trinajstić information content (AvgIpc) is 2.31. The van der Waals surface area contributed by atoms with Gasteiger partial charge in [0.15, 0.2) is 0 Å². The van der Waals surface area contributed by atoms with Gasteiger partial charge in [-0.25, -0.2) is 0 Å². The first-order chi connectivity index (χ1) is 8.22. The fourth-order valence-corrected chi connectivity index (χ4v) is 1.94. The molecule has 0 bridgehead atoms. The standard InChI is InChI=1S/C14H29NO2/c1-3-5-6-7-8-9-10-11-13(14(16)17)15-12-4-2/h13,15H,3-12H2,1-2H3,(H,16,17). The van der Waals surface area contributed by atoms with Crippen LogP contribution in [0.1, 0.15) is 71.6 Å². The molecule has 0 heterocycles. The molecule has 0 aromatic carbocycles. The highest BCUT2D eigenvalue weighted by Gasteiger charge is 2.14. The molecule has 3 nitrogen and oxygen atoms in total. The molecule has 0 aromatic rings. The van der Waals surface area contributed by atoms with E-state index in [0.29, 0.717) is 0 Å². The number of carboxylic acids is 1. The SMILES string of the molecule is CCCCCCCCCC(NCCC)C(=O)O. The van der Waals surface area contributed by atoms with E-state index < -0.39 is 5.97 Å². The van der Waals surface area contributed by atoms with Crippen LogP contribution in [0, 0.1) is 0 Å². The van der Waals surface area contributed by atoms with Crippen molar-refractivity contribution in [1.29, 1.82) is 0 Å². The van der Waals surface area contributed by atoms with Crippen LogP contribution in [0.25, 0.3) is 0 Å². The molecule has 1 atom stereocenters. The molecule has 0 aliphatic heterocycles. The van der Waals surface area contributed by atoms with Crippen molar-refractivity contribution in [2.75, 3.05) is 6.54 Å². The molecule has 0 amide bonds. The summed E-state index contributed by atoms with van der Waals surface area (Å²) in [4.78, 5) is 10.9. The van der Waals surface area contributed by atoms with E-state index in [9.17, 15) is 4.79 Å². The zero-order chi connectivity index (χ0) is 12.9. The van der Waals surface area contributed by atoms with E-state index in [0.717, 1.165) is 25.8 Å². The van der Waals surface area contributed by atoms with Gasteiger partial charge in [-0.15, -0.1) is 0 Å². The topological polar surface area (TPSA) is 49.3 Å². The Hall–Kier alpha value is -0.570. The normalized spacial score (nSPS) is 12.6. The summed E-state index contributed by atoms with van der Waals surface area (Å²) in [7, 11) is 0. The lowest BCUT2D eigenvalue weighted by Gasteiger charge is -2.13. The van der Waals surface area contributed by atoms with Crippen molar-refractivity contribution < 1.29 is 9.90 Å². The third-order valence-electron chi connectivity index (χ3n) is 3.04. The lowest BCUT2D eigenvalue weighted by atomic mass is 10.1. The minimum atomic E-state index is -0.704. The molecule has 0 spiro atoms. The van der Waals surface area contributed by atoms with E-state index in [1.54, 1.807) is 0 Å². The Balaban J connectivity index is 3.44. The van der Waals surface area contributed by atoms with Crippen LogP contribution >= 0.6 is 0 Å². The summed E-state index contributed by atoms with van der Waals surface area (Å²) >= 11 is 0. The van der Waals surface area contributed by atoms with Crippen molar-refractivity contribution in [3.05, 3.63) is 0 Å². The van der Waals surface area contributed by atoms with Crippen molar-refractivity contribution in [1.82, 2.24) is 5.32 Å². The fraction of sp³-hybridized carbons (Fsp3) is 0.929. The van der Waals surface area contributed by atoms with Gasteiger partial charge in [-0.2, -0.15) is 0 Å². The Morgan fingerprint density at radius 3 is 2.12 bits per heavy atom. The smallest absolute Gasteiger partial charge is 0.320 e. The highest BCUT2D eigenvalue weighted by Crippen LogP contribution is 2.09. The van der Waals surface area contributed by atoms with Gasteiger partial charge in [0.05, 0.1) is 0 Å². The molecule has 0 aliphatic carbocycles. The Bertz CT molecular complexity index is 183. The van der Waals surface area contributed by atoms with Crippen LogP contribution < -0.4 is 5.32 Å². The molecule has 0 saturated heterocycles. The van der Waals surface area contributed by atoms with Gasteiger partial charge >= 0.3 is 5.97 Å². The second-order valence-corrected chi connectivity index (χ2v) is 4.75. The maximum atomic E-state index is 10.9. The number of carboxylic acid groups (broad SMARTS) is 1. The number of aliphatic carboxylic acids is 1. The predicted octanol–water partition coefficient (Wildman–Crippen LogP) is 3.58. The molecule has 0 aromatic heterocycles. The van der Waals surface area contributed by atoms with Gasteiger partial charge in [-0.05, 0) is 19.4 Å². The van der Waals surface area contributed by atoms with Gasteiger partial charge in [0, 0.05) is 0 Å². The lowest BCUT2D eigenvalue weighted by Crippen LogP contribution is -2.36. The second kappa shape index (κ2) is 11.9. The van der Waals surface area contributed by atoms with Crippen LogP contribution in [0.3, 0.4) is 0 Å². The Labute approximate surface area is 106 Å². The fourth-order valence-electron chi connectivity index (χ4n) is 1.94. The van der Waals surface area contributed by atoms with Crippen LogP contribution in [-0.4, -0.2) is 23.7 Å². The molecule has 0 rings (SSSR count). The van der Waals surface area contributed by atoms with Crippen molar-refractivity contribution in [2.24, 2.45) is 0 Å². The zero-order valence-electron chi connectivity index (χ0n) is 11.5. The highest BCUT2D eigenvalue weighted by molar-refractivity contribution is 5.73. The average molecular weight is 243 g/mol. The summed E-state index contributed by atoms with van der Waals surface area (Å²) in [6.07, 6.45) is 10.4. The number of carbonyl (C=O) groups is 1. The van der Waals surface area contributed by atoms with Gasteiger partial charge in [-0.3, -0.25) is 4.79 Å². The quantitative estimate of drug-likeness (QED) is 0.515. The lowest BCUT2D eigenvalue weighted by molar-refractivity contribution is -0.139. The van der Waals surface area contributed by atoms with E-state index in [-0.39, 0.29) is 6.04 Å². The van der Waals surface area contributed by atoms with Gasteiger partial charge in [0.1, 0.15) is 6.04 Å². The summed E-state index contributed by atoms with van der Waals surface area (Å²) in [5.74, 6) is -0.704. The number of unbranched alkanes of at least 4 members (excludes halogenated alkanes) is 6. The Kier molecular flexibility index (Phi) is 11.5. The minimum absolute atomic E-state index is 0.342. The third-order valence-corrected chi connectivity index (χ3v) is 3.04. The molecule has 17 heavy (non-hydrogen) atoms. The van der Waals surface area contributed by atoms with Crippen LogP contribution in [-0.2, 0) is 4.79 Å². The van der Waals surface area contributed by atoms with E-state index >= 15 is 0 Å². The predicted molar refractivity (Wildman–Crippen MR) is 72.3 cm³/mol. The first kappa shape index (κ1) is 16.4. The van der Waals surface area contributed by atoms with Crippen molar-refractivity contribution >= 4 is 5.97 Å². The first-order valence-electron chi connectivity index (χ1n) is 7.18. The number of rotatable bonds is 12. The molecule has 0 radical (unpaired) electrons. The molecular formula is C14H29NO2. The summed E-state index contributed by atoms with van der Waals surface area (Å²) in [6.45, 7) is 5.07. The highest BCUT2D eigenvalue weighted by atomic mass is 16.4. The van der Waals surface area contributed by atoms with Gasteiger partial charge < -0.3 is 10.4 Å². The zero-order valence-corrected chi connectivity index (χ0v) is 11.5. The third kappa shape index (κ3) is 10.3. The summed E-state index contributed by atoms with van der Waals surface area (Å²) < 4.78 is 0. The summed E-state index contributed by atoms with van der Waals surface area (Å²) in [5, 5.41) is 12.1. The van der Waals surface area contributed by atoms with E-state index in [2.05, 4.69) is 19.2 Å². The van der Waals surface area contributed by atoms with Crippen LogP contribution in [0.5, 0.6) is 0 Å². The molecule has 0 fully saturated rings. The second-order valence-electron chi connectivity index (χ2n) is 4.75. The monoisotopic (exact) mass is 243 g/mol. The van der Waals surface area contributed by atoms with Crippen molar-refractivity contribution in [3.8, 4) is 0 Å². The van der Waals surface area contributed by atoms with Crippen LogP contribution in [0.2, 0.25) is 0 Å². The Morgan fingerprint density at radius 2 is 1.59 bits per heavy atom. The van der Waals surface area contributed by atoms with Gasteiger partial charge in [0.25, 0.3) is 0 Å². The number of nitrogens with one attached hydrogen (secondary N) is 1. The minimum Gasteiger partial charge on any atom is -0.480 e. The maximum Gasteiger partial charge on any atom is 0.320 e. The number of hydrogen-bond donors (Lipinski definition) is 2. The van der Waals surface area contributed by atoms with Crippen LogP contribution in [0.4, 0.5) is 0 Å². The van der Waals surface area contributed by atoms with Crippen molar-refractivity contribution in [3.63, 3.8) is 0 Å². The first-order valence-corrected chi connectivity index (χ1v) is 7.18. The summed E-state index contributed by atoms with van der Waals surface area (Å²) in [6, 6.07) is -0.342. The van der Waals surface area contributed by atoms with E-state index in [1.165, 1.54) is 38.5 Å². The summed E-state index contributed by atoms with van der Waals surface area (Å²) in [5.41, 5.74) is 0. The van der Waals surface area contributed by atoms with Gasteiger partial charge in [-0.1, -0.05) is 58.8 Å². The molecular weight excluding hydrogens is 214 g/mol. The van der Waals surface area contributed by atoms with E-state index in [1.807, 2.05) is 0 Å². The maximum absolute atomic E-state index is 10.9.